The van der Waals surface area contributed by atoms with Crippen molar-refractivity contribution in [2.45, 2.75) is 238 Å². The van der Waals surface area contributed by atoms with Crippen molar-refractivity contribution in [1.82, 2.24) is 5.32 Å². The first-order valence-corrected chi connectivity index (χ1v) is 25.6. The second-order valence-corrected chi connectivity index (χ2v) is 16.8. The Hall–Kier alpha value is -2.95. The summed E-state index contributed by atoms with van der Waals surface area (Å²) >= 11 is 0. The maximum Gasteiger partial charge on any atom is 0.220 e. The van der Waals surface area contributed by atoms with Gasteiger partial charge in [0, 0.05) is 6.42 Å². The van der Waals surface area contributed by atoms with Crippen LogP contribution >= 0.6 is 0 Å². The van der Waals surface area contributed by atoms with Crippen LogP contribution in [-0.4, -0.2) is 34.9 Å². The minimum Gasteiger partial charge on any atom is -0.394 e. The van der Waals surface area contributed by atoms with Gasteiger partial charge in [-0.25, -0.2) is 0 Å². The highest BCUT2D eigenvalue weighted by atomic mass is 16.3. The summed E-state index contributed by atoms with van der Waals surface area (Å²) < 4.78 is 0. The van der Waals surface area contributed by atoms with E-state index in [1.807, 2.05) is 6.08 Å². The van der Waals surface area contributed by atoms with E-state index in [0.29, 0.717) is 6.42 Å². The van der Waals surface area contributed by atoms with Gasteiger partial charge in [-0.05, 0) is 89.9 Å². The predicted molar refractivity (Wildman–Crippen MR) is 271 cm³/mol. The van der Waals surface area contributed by atoms with E-state index in [0.717, 1.165) is 89.9 Å². The van der Waals surface area contributed by atoms with Crippen LogP contribution in [0.1, 0.15) is 226 Å². The Labute approximate surface area is 378 Å². The van der Waals surface area contributed by atoms with Crippen molar-refractivity contribution in [3.8, 4) is 0 Å². The number of carbonyl (C=O) groups excluding carboxylic acids is 1. The third kappa shape index (κ3) is 47.9. The number of carbonyl (C=O) groups is 1. The van der Waals surface area contributed by atoms with Crippen molar-refractivity contribution in [3.63, 3.8) is 0 Å². The number of hydrogen-bond acceptors (Lipinski definition) is 3. The van der Waals surface area contributed by atoms with Crippen molar-refractivity contribution in [2.24, 2.45) is 0 Å². The fourth-order valence-corrected chi connectivity index (χ4v) is 7.11. The number of aliphatic hydroxyl groups excluding tert-OH is 2. The molecule has 0 aromatic heterocycles. The molecule has 0 aliphatic heterocycles. The summed E-state index contributed by atoms with van der Waals surface area (Å²) in [7, 11) is 0. The quantitative estimate of drug-likeness (QED) is 0.0422. The van der Waals surface area contributed by atoms with Gasteiger partial charge in [0.15, 0.2) is 0 Å². The van der Waals surface area contributed by atoms with E-state index in [2.05, 4.69) is 116 Å². The summed E-state index contributed by atoms with van der Waals surface area (Å²) in [5.41, 5.74) is 0. The van der Waals surface area contributed by atoms with Gasteiger partial charge in [-0.15, -0.1) is 0 Å². The van der Waals surface area contributed by atoms with Crippen LogP contribution in [0.3, 0.4) is 0 Å². The van der Waals surface area contributed by atoms with Crippen LogP contribution in [0.2, 0.25) is 0 Å². The molecular formula is C57H97NO3. The molecular weight excluding hydrogens is 747 g/mol. The molecule has 3 N–H and O–H groups in total. The van der Waals surface area contributed by atoms with Crippen LogP contribution < -0.4 is 5.32 Å². The van der Waals surface area contributed by atoms with Gasteiger partial charge in [-0.3, -0.25) is 4.79 Å². The van der Waals surface area contributed by atoms with Crippen LogP contribution in [0.25, 0.3) is 0 Å². The maximum atomic E-state index is 12.4. The van der Waals surface area contributed by atoms with Gasteiger partial charge in [0.1, 0.15) is 0 Å². The second kappa shape index (κ2) is 51.4. The van der Waals surface area contributed by atoms with Gasteiger partial charge in [0.05, 0.1) is 18.8 Å². The molecule has 4 nitrogen and oxygen atoms in total. The average molecular weight is 844 g/mol. The predicted octanol–water partition coefficient (Wildman–Crippen LogP) is 16.7. The van der Waals surface area contributed by atoms with Gasteiger partial charge >= 0.3 is 0 Å². The van der Waals surface area contributed by atoms with E-state index in [1.54, 1.807) is 6.08 Å². The maximum absolute atomic E-state index is 12.4. The number of aliphatic hydroxyl groups is 2. The summed E-state index contributed by atoms with van der Waals surface area (Å²) in [6.45, 7) is 4.18. The lowest BCUT2D eigenvalue weighted by Crippen LogP contribution is -2.45. The lowest BCUT2D eigenvalue weighted by molar-refractivity contribution is -0.123. The first kappa shape index (κ1) is 58.0. The van der Waals surface area contributed by atoms with E-state index < -0.39 is 12.1 Å². The van der Waals surface area contributed by atoms with E-state index >= 15 is 0 Å². The Morgan fingerprint density at radius 3 is 1.15 bits per heavy atom. The Kier molecular flexibility index (Phi) is 48.9. The molecule has 1 amide bonds. The van der Waals surface area contributed by atoms with Gasteiger partial charge in [-0.2, -0.15) is 0 Å². The van der Waals surface area contributed by atoms with Crippen molar-refractivity contribution in [2.75, 3.05) is 6.61 Å². The van der Waals surface area contributed by atoms with Gasteiger partial charge < -0.3 is 15.5 Å². The minimum atomic E-state index is -0.879. The number of unbranched alkanes of at least 4 members (excludes halogenated alkanes) is 22. The molecule has 0 aliphatic rings. The van der Waals surface area contributed by atoms with E-state index in [-0.39, 0.29) is 12.5 Å². The van der Waals surface area contributed by atoms with Crippen LogP contribution in [0.15, 0.2) is 109 Å². The number of rotatable bonds is 45. The fourth-order valence-electron chi connectivity index (χ4n) is 7.11. The molecule has 0 radical (unpaired) electrons. The Morgan fingerprint density at radius 1 is 0.410 bits per heavy atom. The topological polar surface area (TPSA) is 69.6 Å². The zero-order valence-corrected chi connectivity index (χ0v) is 39.9. The Morgan fingerprint density at radius 2 is 0.738 bits per heavy atom. The van der Waals surface area contributed by atoms with E-state index in [9.17, 15) is 15.0 Å². The fraction of sp³-hybridized carbons (Fsp3) is 0.667. The molecule has 0 fully saturated rings. The van der Waals surface area contributed by atoms with E-state index in [4.69, 9.17) is 0 Å². The molecule has 0 aromatic rings. The van der Waals surface area contributed by atoms with Gasteiger partial charge in [-0.1, -0.05) is 239 Å². The molecule has 4 heteroatoms. The third-order valence-electron chi connectivity index (χ3n) is 11.0. The van der Waals surface area contributed by atoms with Crippen LogP contribution in [-0.2, 0) is 4.79 Å². The minimum absolute atomic E-state index is 0.0964. The molecule has 0 saturated carbocycles. The molecule has 0 rings (SSSR count). The second-order valence-electron chi connectivity index (χ2n) is 16.8. The molecule has 0 heterocycles. The first-order valence-electron chi connectivity index (χ1n) is 25.6. The summed E-state index contributed by atoms with van der Waals surface area (Å²) in [6, 6.07) is -0.658. The van der Waals surface area contributed by atoms with E-state index in [1.165, 1.54) is 116 Å². The lowest BCUT2D eigenvalue weighted by atomic mass is 10.0. The van der Waals surface area contributed by atoms with Crippen molar-refractivity contribution in [1.29, 1.82) is 0 Å². The Bertz CT molecular complexity index is 1180. The molecule has 2 atom stereocenters. The summed E-state index contributed by atoms with van der Waals surface area (Å²) in [6.07, 6.45) is 77.9. The SMILES string of the molecule is CC/C=C\C/C=C\C/C=C\C/C=C\C/C=C\C/C=C\C/C=C\CCCCCCCC(=O)NC(CO)C(O)/C=C/CC/C=C/CCCCCCCCCCCCCCCCCC. The Balaban J connectivity index is 3.68. The number of amides is 1. The standard InChI is InChI=1S/C57H97NO3/c1-3-5-7-9-11-13-15-17-19-21-23-25-27-28-29-30-31-33-35-37-39-41-43-45-47-49-51-53-57(61)58-55(54-59)56(60)52-50-48-46-44-42-40-38-36-34-32-26-24-22-20-18-16-14-12-10-8-6-4-2/h5,7,11,13,17,19,23,25,28-29,31,33,37,39,42,44,50,52,55-56,59-60H,3-4,6,8-10,12,14-16,18,20-22,24,26-27,30,32,34-36,38,40-41,43,45-49,51,53-54H2,1-2H3,(H,58,61)/b7-5-,13-11-,19-17-,25-23-,29-28-,33-31-,39-37-,44-42+,52-50+. The van der Waals surface area contributed by atoms with Gasteiger partial charge in [0.2, 0.25) is 5.91 Å². The molecule has 0 saturated heterocycles. The summed E-state index contributed by atoms with van der Waals surface area (Å²) in [5, 5.41) is 23.1. The monoisotopic (exact) mass is 844 g/mol. The largest absolute Gasteiger partial charge is 0.394 e. The molecule has 0 aromatic carbocycles. The van der Waals surface area contributed by atoms with Crippen LogP contribution in [0.5, 0.6) is 0 Å². The highest BCUT2D eigenvalue weighted by Gasteiger charge is 2.17. The van der Waals surface area contributed by atoms with Crippen LogP contribution in [0.4, 0.5) is 0 Å². The summed E-state index contributed by atoms with van der Waals surface area (Å²) in [4.78, 5) is 12.4. The normalized spacial score (nSPS) is 13.8. The first-order chi connectivity index (χ1) is 30.2. The van der Waals surface area contributed by atoms with Crippen molar-refractivity contribution >= 4 is 5.91 Å². The average Bonchev–Trinajstić information content (AvgIpc) is 3.26. The molecule has 2 unspecified atom stereocenters. The van der Waals surface area contributed by atoms with Crippen LogP contribution in [0, 0.1) is 0 Å². The zero-order valence-electron chi connectivity index (χ0n) is 39.9. The highest BCUT2D eigenvalue weighted by molar-refractivity contribution is 5.76. The molecule has 348 valence electrons. The lowest BCUT2D eigenvalue weighted by Gasteiger charge is -2.19. The molecule has 61 heavy (non-hydrogen) atoms. The third-order valence-corrected chi connectivity index (χ3v) is 11.0. The number of nitrogens with one attached hydrogen (secondary N) is 1. The molecule has 0 bridgehead atoms. The van der Waals surface area contributed by atoms with Crippen molar-refractivity contribution < 1.29 is 15.0 Å². The highest BCUT2D eigenvalue weighted by Crippen LogP contribution is 2.15. The number of hydrogen-bond donors (Lipinski definition) is 3. The summed E-state index contributed by atoms with van der Waals surface area (Å²) in [5.74, 6) is -0.0964. The molecule has 0 spiro atoms. The van der Waals surface area contributed by atoms with Gasteiger partial charge in [0.25, 0.3) is 0 Å². The smallest absolute Gasteiger partial charge is 0.220 e. The zero-order chi connectivity index (χ0) is 44.2. The number of allylic oxidation sites excluding steroid dienone is 17. The molecule has 0 aliphatic carbocycles. The van der Waals surface area contributed by atoms with Crippen molar-refractivity contribution in [3.05, 3.63) is 109 Å².